The molecule has 0 fully saturated rings. The maximum Gasteiger partial charge on any atom is 0.120 e. The molecule has 0 aliphatic carbocycles. The Morgan fingerprint density at radius 2 is 2.22 bits per heavy atom. The van der Waals surface area contributed by atoms with E-state index in [1.54, 1.807) is 0 Å². The molecule has 0 rings (SSSR count). The van der Waals surface area contributed by atoms with Gasteiger partial charge < -0.3 is 9.90 Å². The molecule has 0 saturated heterocycles. The fraction of sp³-hybridized carbons (Fsp3) is 0.714. The van der Waals surface area contributed by atoms with E-state index < -0.39 is 6.10 Å². The third-order valence-corrected chi connectivity index (χ3v) is 1.22. The second-order valence-electron chi connectivity index (χ2n) is 2.34. The summed E-state index contributed by atoms with van der Waals surface area (Å²) in [6, 6.07) is 0. The minimum atomic E-state index is -0.393. The maximum atomic E-state index is 9.81. The summed E-state index contributed by atoms with van der Waals surface area (Å²) in [4.78, 5) is 9.81. The number of rotatable bonds is 4. The Morgan fingerprint density at radius 3 is 2.56 bits per heavy atom. The Bertz CT molecular complexity index is 79.0. The van der Waals surface area contributed by atoms with Crippen LogP contribution in [0.4, 0.5) is 0 Å². The lowest BCUT2D eigenvalue weighted by Gasteiger charge is -2.10. The number of hydrogen-bond acceptors (Lipinski definition) is 2. The first-order valence-electron chi connectivity index (χ1n) is 3.10. The molecule has 0 saturated carbocycles. The fourth-order valence-electron chi connectivity index (χ4n) is 0.515. The minimum absolute atomic E-state index is 0.393. The lowest BCUT2D eigenvalue weighted by molar-refractivity contribution is -0.108. The van der Waals surface area contributed by atoms with Crippen LogP contribution in [0.2, 0.25) is 0 Å². The lowest BCUT2D eigenvalue weighted by atomic mass is 10.0. The first kappa shape index (κ1) is 8.63. The third-order valence-electron chi connectivity index (χ3n) is 1.22. The van der Waals surface area contributed by atoms with Crippen molar-refractivity contribution in [2.75, 3.05) is 0 Å². The quantitative estimate of drug-likeness (QED) is 0.573. The second kappa shape index (κ2) is 4.50. The summed E-state index contributed by atoms with van der Waals surface area (Å²) >= 11 is 0. The van der Waals surface area contributed by atoms with Crippen molar-refractivity contribution in [3.8, 4) is 0 Å². The van der Waals surface area contributed by atoms with Crippen molar-refractivity contribution in [1.29, 1.82) is 0 Å². The molecule has 0 amide bonds. The van der Waals surface area contributed by atoms with Crippen molar-refractivity contribution in [2.24, 2.45) is 0 Å². The normalized spacial score (nSPS) is 13.8. The molecule has 0 aromatic rings. The van der Waals surface area contributed by atoms with Crippen LogP contribution in [0.3, 0.4) is 0 Å². The highest BCUT2D eigenvalue weighted by atomic mass is 16.3. The highest BCUT2D eigenvalue weighted by Gasteiger charge is 2.07. The average Bonchev–Trinajstić information content (AvgIpc) is 1.82. The van der Waals surface area contributed by atoms with Crippen LogP contribution in [-0.4, -0.2) is 17.5 Å². The Kier molecular flexibility index (Phi) is 4.32. The monoisotopic (exact) mass is 129 g/mol. The van der Waals surface area contributed by atoms with Crippen molar-refractivity contribution < 1.29 is 9.90 Å². The number of hydrogen-bond donors (Lipinski definition) is 1. The summed E-state index contributed by atoms with van der Waals surface area (Å²) in [6.07, 6.45) is 1.44. The molecule has 0 aromatic carbocycles. The van der Waals surface area contributed by atoms with Gasteiger partial charge in [-0.25, -0.2) is 0 Å². The van der Waals surface area contributed by atoms with E-state index in [1.807, 2.05) is 13.8 Å². The van der Waals surface area contributed by atoms with Gasteiger partial charge in [0.2, 0.25) is 0 Å². The van der Waals surface area contributed by atoms with Crippen molar-refractivity contribution >= 4 is 6.29 Å². The summed E-state index contributed by atoms with van der Waals surface area (Å²) in [5.41, 5.74) is 0. The molecule has 0 aromatic heterocycles. The smallest absolute Gasteiger partial charge is 0.120 e. The topological polar surface area (TPSA) is 37.3 Å². The van der Waals surface area contributed by atoms with Crippen LogP contribution in [0.15, 0.2) is 0 Å². The molecular formula is C7H13O2. The van der Waals surface area contributed by atoms with E-state index in [0.717, 1.165) is 12.2 Å². The zero-order valence-electron chi connectivity index (χ0n) is 5.92. The highest BCUT2D eigenvalue weighted by Crippen LogP contribution is 2.08. The lowest BCUT2D eigenvalue weighted by Crippen LogP contribution is -2.12. The van der Waals surface area contributed by atoms with Crippen molar-refractivity contribution in [3.63, 3.8) is 0 Å². The summed E-state index contributed by atoms with van der Waals surface area (Å²) in [7, 11) is 0. The zero-order valence-corrected chi connectivity index (χ0v) is 5.92. The number of aliphatic hydroxyl groups is 1. The molecule has 0 spiro atoms. The Labute approximate surface area is 55.9 Å². The van der Waals surface area contributed by atoms with E-state index in [9.17, 15) is 4.79 Å². The van der Waals surface area contributed by atoms with E-state index in [-0.39, 0.29) is 0 Å². The van der Waals surface area contributed by atoms with Gasteiger partial charge in [0, 0.05) is 6.42 Å². The van der Waals surface area contributed by atoms with Gasteiger partial charge in [0.05, 0.1) is 6.10 Å². The molecule has 9 heavy (non-hydrogen) atoms. The molecule has 0 heterocycles. The van der Waals surface area contributed by atoms with Crippen molar-refractivity contribution in [1.82, 2.24) is 0 Å². The molecule has 1 radical (unpaired) electrons. The number of carbonyl (C=O) groups excluding carboxylic acids is 1. The second-order valence-corrected chi connectivity index (χ2v) is 2.34. The summed E-state index contributed by atoms with van der Waals surface area (Å²) < 4.78 is 0. The van der Waals surface area contributed by atoms with E-state index in [0.29, 0.717) is 12.8 Å². The molecule has 1 unspecified atom stereocenters. The van der Waals surface area contributed by atoms with E-state index in [1.165, 1.54) is 0 Å². The molecule has 2 nitrogen and oxygen atoms in total. The summed E-state index contributed by atoms with van der Waals surface area (Å²) in [6.45, 7) is 3.71. The van der Waals surface area contributed by atoms with E-state index in [2.05, 4.69) is 0 Å². The Morgan fingerprint density at radius 1 is 1.67 bits per heavy atom. The van der Waals surface area contributed by atoms with E-state index in [4.69, 9.17) is 5.11 Å². The highest BCUT2D eigenvalue weighted by molar-refractivity contribution is 5.49. The van der Waals surface area contributed by atoms with Crippen LogP contribution in [-0.2, 0) is 4.79 Å². The van der Waals surface area contributed by atoms with Gasteiger partial charge in [-0.1, -0.05) is 13.8 Å². The molecule has 0 aliphatic rings. The van der Waals surface area contributed by atoms with E-state index >= 15 is 0 Å². The summed E-state index contributed by atoms with van der Waals surface area (Å²) in [5.74, 6) is 0.969. The van der Waals surface area contributed by atoms with Gasteiger partial charge in [0.15, 0.2) is 0 Å². The zero-order chi connectivity index (χ0) is 7.28. The van der Waals surface area contributed by atoms with Crippen LogP contribution < -0.4 is 0 Å². The van der Waals surface area contributed by atoms with Crippen LogP contribution in [0, 0.1) is 5.92 Å². The fourth-order valence-corrected chi connectivity index (χ4v) is 0.515. The Balaban J connectivity index is 3.26. The Hall–Kier alpha value is -0.370. The number of carbonyl (C=O) groups is 1. The van der Waals surface area contributed by atoms with Gasteiger partial charge in [-0.3, -0.25) is 0 Å². The summed E-state index contributed by atoms with van der Waals surface area (Å²) in [5, 5.41) is 9.06. The SMILES string of the molecule is C[C](C)C(O)CCC=O. The maximum absolute atomic E-state index is 9.81. The van der Waals surface area contributed by atoms with Crippen LogP contribution in [0.25, 0.3) is 0 Å². The molecular weight excluding hydrogens is 116 g/mol. The predicted molar refractivity (Wildman–Crippen MR) is 35.9 cm³/mol. The van der Waals surface area contributed by atoms with Gasteiger partial charge in [0.25, 0.3) is 0 Å². The number of aldehydes is 1. The average molecular weight is 129 g/mol. The standard InChI is InChI=1S/C7H13O2/c1-6(2)7(9)4-3-5-8/h5,7,9H,3-4H2,1-2H3. The first-order chi connectivity index (χ1) is 4.18. The van der Waals surface area contributed by atoms with Gasteiger partial charge in [-0.15, -0.1) is 0 Å². The van der Waals surface area contributed by atoms with Gasteiger partial charge in [-0.2, -0.15) is 0 Å². The molecule has 0 aliphatic heterocycles. The molecule has 1 atom stereocenters. The number of aliphatic hydroxyl groups excluding tert-OH is 1. The molecule has 2 heteroatoms. The van der Waals surface area contributed by atoms with Gasteiger partial charge in [-0.05, 0) is 12.3 Å². The largest absolute Gasteiger partial charge is 0.393 e. The van der Waals surface area contributed by atoms with Gasteiger partial charge >= 0.3 is 0 Å². The molecule has 0 bridgehead atoms. The minimum Gasteiger partial charge on any atom is -0.393 e. The van der Waals surface area contributed by atoms with Crippen LogP contribution >= 0.6 is 0 Å². The molecule has 1 N–H and O–H groups in total. The predicted octanol–water partition coefficient (Wildman–Crippen LogP) is 0.941. The van der Waals surface area contributed by atoms with Crippen LogP contribution in [0.1, 0.15) is 26.7 Å². The van der Waals surface area contributed by atoms with Crippen LogP contribution in [0.5, 0.6) is 0 Å². The molecule has 53 valence electrons. The van der Waals surface area contributed by atoms with Crippen molar-refractivity contribution in [3.05, 3.63) is 5.92 Å². The van der Waals surface area contributed by atoms with Gasteiger partial charge in [0.1, 0.15) is 6.29 Å². The van der Waals surface area contributed by atoms with Crippen molar-refractivity contribution in [2.45, 2.75) is 32.8 Å². The first-order valence-corrected chi connectivity index (χ1v) is 3.10. The third kappa shape index (κ3) is 4.15.